The minimum absolute atomic E-state index is 0.322. The quantitative estimate of drug-likeness (QED) is 0.833. The fourth-order valence-electron chi connectivity index (χ4n) is 2.34. The zero-order valence-corrected chi connectivity index (χ0v) is 9.80. The first kappa shape index (κ1) is 11.6. The van der Waals surface area contributed by atoms with E-state index >= 15 is 0 Å². The van der Waals surface area contributed by atoms with Crippen LogP contribution in [0.3, 0.4) is 0 Å². The molecule has 3 heteroatoms. The number of nitrogens with zero attached hydrogens (tertiary/aromatic N) is 1. The van der Waals surface area contributed by atoms with E-state index < -0.39 is 0 Å². The van der Waals surface area contributed by atoms with Crippen LogP contribution in [0.4, 0.5) is 0 Å². The summed E-state index contributed by atoms with van der Waals surface area (Å²) in [6, 6.07) is 11.2. The number of likely N-dealkylation sites (tertiary alicyclic amines) is 1. The summed E-state index contributed by atoms with van der Waals surface area (Å²) in [4.78, 5) is 2.42. The van der Waals surface area contributed by atoms with E-state index in [1.54, 1.807) is 7.11 Å². The van der Waals surface area contributed by atoms with Crippen molar-refractivity contribution in [1.82, 2.24) is 4.90 Å². The molecule has 16 heavy (non-hydrogen) atoms. The number of methoxy groups -OCH3 is 1. The lowest BCUT2D eigenvalue weighted by molar-refractivity contribution is 0.105. The highest BCUT2D eigenvalue weighted by molar-refractivity contribution is 5.19. The predicted octanol–water partition coefficient (Wildman–Crippen LogP) is 1.41. The second-order valence-corrected chi connectivity index (χ2v) is 4.43. The minimum atomic E-state index is 0.322. The zero-order valence-electron chi connectivity index (χ0n) is 9.80. The second kappa shape index (κ2) is 5.43. The van der Waals surface area contributed by atoms with Crippen LogP contribution in [0.15, 0.2) is 30.3 Å². The first-order valence-electron chi connectivity index (χ1n) is 5.85. The summed E-state index contributed by atoms with van der Waals surface area (Å²) in [5, 5.41) is 0. The maximum atomic E-state index is 5.95. The van der Waals surface area contributed by atoms with Crippen LogP contribution < -0.4 is 5.73 Å². The van der Waals surface area contributed by atoms with Crippen molar-refractivity contribution >= 4 is 0 Å². The Labute approximate surface area is 97.2 Å². The number of hydrogen-bond acceptors (Lipinski definition) is 3. The maximum absolute atomic E-state index is 5.95. The molecule has 2 rings (SSSR count). The van der Waals surface area contributed by atoms with Gasteiger partial charge in [-0.05, 0) is 12.0 Å². The van der Waals surface area contributed by atoms with Crippen LogP contribution in [0.1, 0.15) is 18.0 Å². The Morgan fingerprint density at radius 3 is 2.75 bits per heavy atom. The number of benzene rings is 1. The van der Waals surface area contributed by atoms with E-state index in [2.05, 4.69) is 29.2 Å². The Morgan fingerprint density at radius 1 is 1.44 bits per heavy atom. The largest absolute Gasteiger partial charge is 0.383 e. The van der Waals surface area contributed by atoms with Crippen molar-refractivity contribution in [3.63, 3.8) is 0 Å². The van der Waals surface area contributed by atoms with Crippen LogP contribution in [-0.4, -0.2) is 37.7 Å². The highest BCUT2D eigenvalue weighted by atomic mass is 16.5. The van der Waals surface area contributed by atoms with Crippen molar-refractivity contribution in [2.75, 3.05) is 26.8 Å². The summed E-state index contributed by atoms with van der Waals surface area (Å²) in [7, 11) is 1.76. The Hall–Kier alpha value is -0.900. The molecule has 1 saturated heterocycles. The molecule has 1 aromatic rings. The molecule has 0 aromatic heterocycles. The monoisotopic (exact) mass is 220 g/mol. The Kier molecular flexibility index (Phi) is 3.93. The van der Waals surface area contributed by atoms with E-state index in [4.69, 9.17) is 10.5 Å². The van der Waals surface area contributed by atoms with Gasteiger partial charge in [-0.1, -0.05) is 30.3 Å². The van der Waals surface area contributed by atoms with Gasteiger partial charge in [0.05, 0.1) is 12.6 Å². The summed E-state index contributed by atoms with van der Waals surface area (Å²) < 4.78 is 5.32. The van der Waals surface area contributed by atoms with Crippen LogP contribution in [-0.2, 0) is 4.74 Å². The lowest BCUT2D eigenvalue weighted by atomic mass is 10.1. The van der Waals surface area contributed by atoms with Gasteiger partial charge in [0.25, 0.3) is 0 Å². The molecule has 0 saturated carbocycles. The second-order valence-electron chi connectivity index (χ2n) is 4.43. The van der Waals surface area contributed by atoms with Crippen LogP contribution in [0.25, 0.3) is 0 Å². The van der Waals surface area contributed by atoms with Crippen LogP contribution in [0, 0.1) is 0 Å². The van der Waals surface area contributed by atoms with Gasteiger partial charge in [0.15, 0.2) is 0 Å². The van der Waals surface area contributed by atoms with E-state index in [0.29, 0.717) is 12.1 Å². The van der Waals surface area contributed by atoms with Crippen molar-refractivity contribution in [2.24, 2.45) is 5.73 Å². The third-order valence-electron chi connectivity index (χ3n) is 3.21. The highest BCUT2D eigenvalue weighted by Crippen LogP contribution is 2.24. The fraction of sp³-hybridized carbons (Fsp3) is 0.538. The van der Waals surface area contributed by atoms with Gasteiger partial charge in [-0.2, -0.15) is 0 Å². The highest BCUT2D eigenvalue weighted by Gasteiger charge is 2.26. The molecule has 2 N–H and O–H groups in total. The van der Waals surface area contributed by atoms with Gasteiger partial charge in [0.1, 0.15) is 0 Å². The third-order valence-corrected chi connectivity index (χ3v) is 3.21. The van der Waals surface area contributed by atoms with Gasteiger partial charge in [0.2, 0.25) is 0 Å². The van der Waals surface area contributed by atoms with Crippen molar-refractivity contribution in [3.8, 4) is 0 Å². The van der Waals surface area contributed by atoms with E-state index in [-0.39, 0.29) is 0 Å². The van der Waals surface area contributed by atoms with Crippen molar-refractivity contribution in [2.45, 2.75) is 18.5 Å². The Bertz CT molecular complexity index is 315. The molecule has 0 amide bonds. The van der Waals surface area contributed by atoms with Crippen molar-refractivity contribution in [1.29, 1.82) is 0 Å². The molecule has 3 nitrogen and oxygen atoms in total. The van der Waals surface area contributed by atoms with Crippen molar-refractivity contribution < 1.29 is 4.74 Å². The normalized spacial score (nSPS) is 23.5. The third kappa shape index (κ3) is 2.61. The van der Waals surface area contributed by atoms with Crippen LogP contribution >= 0.6 is 0 Å². The SMILES string of the molecule is COCC(c1ccccc1)N1CCC(N)C1. The van der Waals surface area contributed by atoms with Gasteiger partial charge in [-0.15, -0.1) is 0 Å². The smallest absolute Gasteiger partial charge is 0.0659 e. The average molecular weight is 220 g/mol. The minimum Gasteiger partial charge on any atom is -0.383 e. The fourth-order valence-corrected chi connectivity index (χ4v) is 2.34. The van der Waals surface area contributed by atoms with E-state index in [9.17, 15) is 0 Å². The molecule has 0 bridgehead atoms. The number of nitrogens with two attached hydrogens (primary N) is 1. The van der Waals surface area contributed by atoms with Crippen LogP contribution in [0.5, 0.6) is 0 Å². The lowest BCUT2D eigenvalue weighted by Gasteiger charge is -2.27. The topological polar surface area (TPSA) is 38.5 Å². The van der Waals surface area contributed by atoms with Gasteiger partial charge in [-0.3, -0.25) is 4.90 Å². The summed E-state index contributed by atoms with van der Waals surface area (Å²) >= 11 is 0. The molecule has 1 aliphatic heterocycles. The first-order chi connectivity index (χ1) is 7.81. The number of hydrogen-bond donors (Lipinski definition) is 1. The standard InChI is InChI=1S/C13H20N2O/c1-16-10-13(11-5-3-2-4-6-11)15-8-7-12(14)9-15/h2-6,12-13H,7-10,14H2,1H3. The molecule has 88 valence electrons. The van der Waals surface area contributed by atoms with Crippen molar-refractivity contribution in [3.05, 3.63) is 35.9 Å². The van der Waals surface area contributed by atoms with Crippen LogP contribution in [0.2, 0.25) is 0 Å². The number of ether oxygens (including phenoxy) is 1. The molecular formula is C13H20N2O. The summed E-state index contributed by atoms with van der Waals surface area (Å²) in [5.74, 6) is 0. The lowest BCUT2D eigenvalue weighted by Crippen LogP contribution is -2.32. The zero-order chi connectivity index (χ0) is 11.4. The van der Waals surface area contributed by atoms with E-state index in [0.717, 1.165) is 26.1 Å². The first-order valence-corrected chi connectivity index (χ1v) is 5.85. The molecule has 0 spiro atoms. The average Bonchev–Trinajstić information content (AvgIpc) is 2.74. The molecule has 1 fully saturated rings. The summed E-state index contributed by atoms with van der Waals surface area (Å²) in [5.41, 5.74) is 7.27. The van der Waals surface area contributed by atoms with E-state index in [1.165, 1.54) is 5.56 Å². The molecule has 0 radical (unpaired) electrons. The van der Waals surface area contributed by atoms with Gasteiger partial charge >= 0.3 is 0 Å². The molecule has 0 aliphatic carbocycles. The summed E-state index contributed by atoms with van der Waals surface area (Å²) in [6.07, 6.45) is 1.09. The molecular weight excluding hydrogens is 200 g/mol. The Morgan fingerprint density at radius 2 is 2.19 bits per heavy atom. The predicted molar refractivity (Wildman–Crippen MR) is 65.2 cm³/mol. The number of rotatable bonds is 4. The molecule has 1 heterocycles. The Balaban J connectivity index is 2.11. The van der Waals surface area contributed by atoms with Gasteiger partial charge in [-0.25, -0.2) is 0 Å². The van der Waals surface area contributed by atoms with E-state index in [1.807, 2.05) is 6.07 Å². The van der Waals surface area contributed by atoms with Gasteiger partial charge < -0.3 is 10.5 Å². The molecule has 1 aliphatic rings. The molecule has 1 aromatic carbocycles. The molecule has 2 atom stereocenters. The molecule has 2 unspecified atom stereocenters. The van der Waals surface area contributed by atoms with Gasteiger partial charge in [0, 0.05) is 26.2 Å². The maximum Gasteiger partial charge on any atom is 0.0659 e. The summed E-state index contributed by atoms with van der Waals surface area (Å²) in [6.45, 7) is 2.78.